The second kappa shape index (κ2) is 16.8. The number of hydrogen-bond donors (Lipinski definition) is 0. The van der Waals surface area contributed by atoms with Crippen LogP contribution in [0.2, 0.25) is 0 Å². The second-order valence-corrected chi connectivity index (χ2v) is 11.4. The number of ether oxygens (including phenoxy) is 9. The van der Waals surface area contributed by atoms with E-state index in [1.54, 1.807) is 0 Å². The number of esters is 7. The van der Waals surface area contributed by atoms with Crippen molar-refractivity contribution in [2.45, 2.75) is 79.2 Å². The van der Waals surface area contributed by atoms with Gasteiger partial charge in [0.15, 0.2) is 23.7 Å². The van der Waals surface area contributed by atoms with Crippen LogP contribution in [0.5, 0.6) is 23.0 Å². The van der Waals surface area contributed by atoms with Crippen LogP contribution in [0.4, 0.5) is 0 Å². The molecule has 2 heterocycles. The molecule has 53 heavy (non-hydrogen) atoms. The minimum atomic E-state index is -1.67. The van der Waals surface area contributed by atoms with Gasteiger partial charge < -0.3 is 47.0 Å². The molecule has 0 spiro atoms. The van der Waals surface area contributed by atoms with Crippen molar-refractivity contribution in [3.8, 4) is 34.1 Å². The number of carbonyl (C=O) groups is 7. The van der Waals surface area contributed by atoms with Crippen molar-refractivity contribution in [3.63, 3.8) is 0 Å². The smallest absolute Gasteiger partial charge is 0.308 e. The molecule has 0 radical (unpaired) electrons. The third kappa shape index (κ3) is 10.2. The molecule has 5 atom stereocenters. The number of benzene rings is 2. The molecule has 1 saturated heterocycles. The monoisotopic (exact) mass is 742 g/mol. The number of fused-ring (bicyclic) bond motifs is 1. The van der Waals surface area contributed by atoms with Gasteiger partial charge in [-0.15, -0.1) is 0 Å². The predicted octanol–water partition coefficient (Wildman–Crippen LogP) is 2.70. The summed E-state index contributed by atoms with van der Waals surface area (Å²) < 4.78 is 54.7. The molecule has 1 aliphatic rings. The van der Waals surface area contributed by atoms with Crippen LogP contribution in [0.1, 0.15) is 48.5 Å². The van der Waals surface area contributed by atoms with E-state index < -0.39 is 84.5 Å². The molecule has 3 aromatic rings. The van der Waals surface area contributed by atoms with Crippen LogP contribution in [-0.2, 0) is 57.2 Å². The summed E-state index contributed by atoms with van der Waals surface area (Å²) in [5, 5.41) is -0.232. The SMILES string of the molecule is CC(=O)OC[C@@H]1O[C@@H](Oc2cc(OC(C)=O)c3c(=O)c(-c4ccc(OC(C)=O)c(OC(C)=O)c4)coc3c2)[C@H](OC(C)=O)[C@@H](OC(C)=O)[C@@H]1OC(C)=O. The molecular weight excluding hydrogens is 708 g/mol. The van der Waals surface area contributed by atoms with Crippen molar-refractivity contribution in [1.82, 2.24) is 0 Å². The van der Waals surface area contributed by atoms with E-state index in [0.29, 0.717) is 0 Å². The Kier molecular flexibility index (Phi) is 12.5. The molecule has 0 saturated carbocycles. The van der Waals surface area contributed by atoms with E-state index in [1.807, 2.05) is 0 Å². The minimum Gasteiger partial charge on any atom is -0.463 e. The van der Waals surface area contributed by atoms with E-state index in [0.717, 1.165) is 60.8 Å². The van der Waals surface area contributed by atoms with Gasteiger partial charge in [-0.05, 0) is 17.7 Å². The van der Waals surface area contributed by atoms with Crippen molar-refractivity contribution in [3.05, 3.63) is 46.8 Å². The Hall–Kier alpha value is -6.30. The molecule has 0 amide bonds. The van der Waals surface area contributed by atoms with E-state index >= 15 is 0 Å². The molecule has 18 nitrogen and oxygen atoms in total. The highest BCUT2D eigenvalue weighted by molar-refractivity contribution is 5.90. The Morgan fingerprint density at radius 2 is 1.19 bits per heavy atom. The molecule has 2 aromatic carbocycles. The molecule has 282 valence electrons. The fraction of sp³-hybridized carbons (Fsp3) is 0.371. The average Bonchev–Trinajstić information content (AvgIpc) is 3.02. The Morgan fingerprint density at radius 3 is 1.77 bits per heavy atom. The summed E-state index contributed by atoms with van der Waals surface area (Å²) in [6.45, 7) is 7.11. The maximum Gasteiger partial charge on any atom is 0.308 e. The summed E-state index contributed by atoms with van der Waals surface area (Å²) in [6, 6.07) is 6.32. The number of rotatable bonds is 11. The average molecular weight is 743 g/mol. The molecular formula is C35H34O18. The lowest BCUT2D eigenvalue weighted by molar-refractivity contribution is -0.288. The van der Waals surface area contributed by atoms with Gasteiger partial charge in [0.25, 0.3) is 0 Å². The summed E-state index contributed by atoms with van der Waals surface area (Å²) in [4.78, 5) is 97.6. The maximum atomic E-state index is 13.9. The fourth-order valence-corrected chi connectivity index (χ4v) is 5.26. The summed E-state index contributed by atoms with van der Waals surface area (Å²) in [5.74, 6) is -6.35. The zero-order valence-electron chi connectivity index (χ0n) is 29.4. The van der Waals surface area contributed by atoms with Crippen LogP contribution < -0.4 is 24.4 Å². The van der Waals surface area contributed by atoms with E-state index in [4.69, 9.17) is 47.0 Å². The molecule has 1 aromatic heterocycles. The quantitative estimate of drug-likeness (QED) is 0.156. The van der Waals surface area contributed by atoms with Crippen LogP contribution in [0.15, 0.2) is 45.8 Å². The first-order chi connectivity index (χ1) is 24.9. The number of hydrogen-bond acceptors (Lipinski definition) is 18. The van der Waals surface area contributed by atoms with Crippen LogP contribution >= 0.6 is 0 Å². The van der Waals surface area contributed by atoms with Gasteiger partial charge >= 0.3 is 41.8 Å². The summed E-state index contributed by atoms with van der Waals surface area (Å²) in [5.41, 5.74) is -0.799. The highest BCUT2D eigenvalue weighted by Crippen LogP contribution is 2.37. The highest BCUT2D eigenvalue weighted by Gasteiger charge is 2.53. The van der Waals surface area contributed by atoms with E-state index in [2.05, 4.69) is 0 Å². The molecule has 0 N–H and O–H groups in total. The lowest BCUT2D eigenvalue weighted by Crippen LogP contribution is -2.63. The Bertz CT molecular complexity index is 2010. The normalized spacial score (nSPS) is 19.3. The molecule has 0 unspecified atom stereocenters. The van der Waals surface area contributed by atoms with Crippen LogP contribution in [0, 0.1) is 0 Å². The van der Waals surface area contributed by atoms with Crippen molar-refractivity contribution in [2.75, 3.05) is 6.61 Å². The van der Waals surface area contributed by atoms with Gasteiger partial charge in [-0.3, -0.25) is 38.4 Å². The van der Waals surface area contributed by atoms with Gasteiger partial charge in [0, 0.05) is 60.6 Å². The van der Waals surface area contributed by atoms with Crippen molar-refractivity contribution in [2.24, 2.45) is 0 Å². The van der Waals surface area contributed by atoms with Crippen molar-refractivity contribution < 1.29 is 80.6 Å². The zero-order valence-corrected chi connectivity index (χ0v) is 29.4. The van der Waals surface area contributed by atoms with Gasteiger partial charge in [0.1, 0.15) is 41.4 Å². The Labute approximate surface area is 300 Å². The first-order valence-electron chi connectivity index (χ1n) is 15.7. The maximum absolute atomic E-state index is 13.9. The minimum absolute atomic E-state index is 0.0815. The van der Waals surface area contributed by atoms with Crippen LogP contribution in [0.25, 0.3) is 22.1 Å². The van der Waals surface area contributed by atoms with Gasteiger partial charge in [0.2, 0.25) is 17.8 Å². The second-order valence-electron chi connectivity index (χ2n) is 11.4. The standard InChI is InChI=1S/C35H34O18/c1-15(36)44-14-29-32(49-19(5)40)33(50-20(6)41)34(51-21(7)42)35(53-29)52-23-11-27-30(28(12-23)48-18(4)39)31(43)24(13-45-27)22-8-9-25(46-16(2)37)26(10-22)47-17(3)38/h8-13,29,32-35H,14H2,1-7H3/t29-,32+,33-,34+,35+/m0/s1. The van der Waals surface area contributed by atoms with Crippen molar-refractivity contribution in [1.29, 1.82) is 0 Å². The fourth-order valence-electron chi connectivity index (χ4n) is 5.26. The Balaban J connectivity index is 1.83. The van der Waals surface area contributed by atoms with Gasteiger partial charge in [-0.2, -0.15) is 0 Å². The molecule has 18 heteroatoms. The third-order valence-electron chi connectivity index (χ3n) is 7.03. The lowest BCUT2D eigenvalue weighted by atomic mass is 9.98. The van der Waals surface area contributed by atoms with Crippen molar-refractivity contribution >= 4 is 52.8 Å². The van der Waals surface area contributed by atoms with Gasteiger partial charge in [-0.25, -0.2) is 0 Å². The van der Waals surface area contributed by atoms with E-state index in [9.17, 15) is 38.4 Å². The first-order valence-corrected chi connectivity index (χ1v) is 15.7. The first kappa shape index (κ1) is 39.5. The van der Waals surface area contributed by atoms with E-state index in [1.165, 1.54) is 24.3 Å². The largest absolute Gasteiger partial charge is 0.463 e. The molecule has 0 bridgehead atoms. The van der Waals surface area contributed by atoms with Gasteiger partial charge in [0.05, 0.1) is 5.56 Å². The Morgan fingerprint density at radius 1 is 0.623 bits per heavy atom. The number of carbonyl (C=O) groups excluding carboxylic acids is 7. The van der Waals surface area contributed by atoms with Gasteiger partial charge in [-0.1, -0.05) is 6.07 Å². The molecule has 1 aliphatic heterocycles. The lowest BCUT2D eigenvalue weighted by Gasteiger charge is -2.43. The summed E-state index contributed by atoms with van der Waals surface area (Å²) >= 11 is 0. The topological polar surface area (TPSA) is 233 Å². The molecule has 0 aliphatic carbocycles. The molecule has 1 fully saturated rings. The third-order valence-corrected chi connectivity index (χ3v) is 7.03. The zero-order chi connectivity index (χ0) is 39.1. The van der Waals surface area contributed by atoms with Crippen LogP contribution in [0.3, 0.4) is 0 Å². The predicted molar refractivity (Wildman–Crippen MR) is 174 cm³/mol. The highest BCUT2D eigenvalue weighted by atomic mass is 16.7. The summed E-state index contributed by atoms with van der Waals surface area (Å²) in [6.07, 6.45) is -6.52. The van der Waals surface area contributed by atoms with E-state index in [-0.39, 0.29) is 45.1 Å². The molecule has 4 rings (SSSR count). The summed E-state index contributed by atoms with van der Waals surface area (Å²) in [7, 11) is 0. The van der Waals surface area contributed by atoms with Crippen LogP contribution in [-0.4, -0.2) is 79.1 Å².